The fourth-order valence-corrected chi connectivity index (χ4v) is 1.15. The minimum Gasteiger partial charge on any atom is -0.426 e. The van der Waals surface area contributed by atoms with Crippen LogP contribution in [-0.4, -0.2) is 24.2 Å². The van der Waals surface area contributed by atoms with Crippen LogP contribution >= 0.6 is 0 Å². The molecule has 0 spiro atoms. The number of hydrogen-bond acceptors (Lipinski definition) is 3. The molecule has 0 aliphatic rings. The second-order valence-corrected chi connectivity index (χ2v) is 2.59. The van der Waals surface area contributed by atoms with Gasteiger partial charge in [-0.15, -0.1) is 0 Å². The van der Waals surface area contributed by atoms with Crippen LogP contribution in [0.4, 0.5) is 0 Å². The van der Waals surface area contributed by atoms with Gasteiger partial charge in [0.15, 0.2) is 0 Å². The zero-order valence-corrected chi connectivity index (χ0v) is 6.94. The molecule has 0 saturated carbocycles. The molecule has 0 radical (unpaired) electrons. The first-order chi connectivity index (χ1) is 5.75. The Bertz CT molecular complexity index is 228. The first-order valence-corrected chi connectivity index (χ1v) is 3.84. The summed E-state index contributed by atoms with van der Waals surface area (Å²) in [6.45, 7) is 0. The summed E-state index contributed by atoms with van der Waals surface area (Å²) < 4.78 is 0. The lowest BCUT2D eigenvalue weighted by Crippen LogP contribution is -2.33. The van der Waals surface area contributed by atoms with E-state index >= 15 is 0 Å². The third kappa shape index (κ3) is 2.07. The van der Waals surface area contributed by atoms with E-state index in [9.17, 15) is 0 Å². The van der Waals surface area contributed by atoms with Crippen molar-refractivity contribution in [1.82, 2.24) is 5.32 Å². The average molecular weight is 165 g/mol. The van der Waals surface area contributed by atoms with E-state index in [-0.39, 0.29) is 0 Å². The van der Waals surface area contributed by atoms with Gasteiger partial charge >= 0.3 is 7.12 Å². The molecule has 0 aliphatic heterocycles. The maximum Gasteiger partial charge on any atom is 0.474 e. The van der Waals surface area contributed by atoms with Crippen LogP contribution in [-0.2, 0) is 0 Å². The van der Waals surface area contributed by atoms with Gasteiger partial charge in [-0.25, -0.2) is 0 Å². The van der Waals surface area contributed by atoms with E-state index in [4.69, 9.17) is 10.0 Å². The van der Waals surface area contributed by atoms with Crippen LogP contribution in [0.5, 0.6) is 0 Å². The monoisotopic (exact) mass is 165 g/mol. The van der Waals surface area contributed by atoms with Crippen molar-refractivity contribution in [1.29, 1.82) is 0 Å². The highest BCUT2D eigenvalue weighted by atomic mass is 16.4. The molecule has 3 N–H and O–H groups in total. The fraction of sp³-hybridized carbons (Fsp3) is 0.250. The third-order valence-corrected chi connectivity index (χ3v) is 1.77. The Morgan fingerprint density at radius 1 is 1.25 bits per heavy atom. The summed E-state index contributed by atoms with van der Waals surface area (Å²) in [7, 11) is 0.328. The Kier molecular flexibility index (Phi) is 3.28. The van der Waals surface area contributed by atoms with Gasteiger partial charge in [0.1, 0.15) is 0 Å². The van der Waals surface area contributed by atoms with Crippen molar-refractivity contribution < 1.29 is 10.0 Å². The Labute approximate surface area is 72.2 Å². The van der Waals surface area contributed by atoms with Gasteiger partial charge in [-0.05, 0) is 12.6 Å². The molecule has 1 rings (SSSR count). The maximum atomic E-state index is 8.96. The van der Waals surface area contributed by atoms with Gasteiger partial charge in [0, 0.05) is 0 Å². The number of nitrogens with one attached hydrogen (secondary N) is 1. The molecule has 0 saturated heterocycles. The number of hydrogen-bond donors (Lipinski definition) is 3. The third-order valence-electron chi connectivity index (χ3n) is 1.77. The van der Waals surface area contributed by atoms with Crippen LogP contribution in [0.3, 0.4) is 0 Å². The molecular formula is C8H12BNO2. The lowest BCUT2D eigenvalue weighted by molar-refractivity contribution is 0.377. The molecule has 64 valence electrons. The summed E-state index contributed by atoms with van der Waals surface area (Å²) in [5.41, 5.74) is 0.870. The quantitative estimate of drug-likeness (QED) is 0.550. The van der Waals surface area contributed by atoms with E-state index in [1.165, 1.54) is 0 Å². The lowest BCUT2D eigenvalue weighted by atomic mass is 9.75. The molecule has 0 aliphatic carbocycles. The lowest BCUT2D eigenvalue weighted by Gasteiger charge is -2.14. The van der Waals surface area contributed by atoms with Gasteiger partial charge in [-0.3, -0.25) is 0 Å². The highest BCUT2D eigenvalue weighted by Gasteiger charge is 2.22. The van der Waals surface area contributed by atoms with Crippen LogP contribution in [0, 0.1) is 0 Å². The summed E-state index contributed by atoms with van der Waals surface area (Å²) in [5.74, 6) is -0.411. The molecule has 12 heavy (non-hydrogen) atoms. The zero-order chi connectivity index (χ0) is 8.97. The Hall–Kier alpha value is -0.835. The molecular weight excluding hydrogens is 153 g/mol. The Morgan fingerprint density at radius 2 is 1.83 bits per heavy atom. The van der Waals surface area contributed by atoms with Crippen molar-refractivity contribution in [3.8, 4) is 0 Å². The molecule has 3 nitrogen and oxygen atoms in total. The van der Waals surface area contributed by atoms with Crippen molar-refractivity contribution in [2.75, 3.05) is 7.05 Å². The number of benzene rings is 1. The van der Waals surface area contributed by atoms with Gasteiger partial charge in [0.05, 0.1) is 5.94 Å². The molecule has 0 fully saturated rings. The highest BCUT2D eigenvalue weighted by molar-refractivity contribution is 6.43. The van der Waals surface area contributed by atoms with E-state index < -0.39 is 13.1 Å². The summed E-state index contributed by atoms with van der Waals surface area (Å²) in [4.78, 5) is 0. The molecule has 0 amide bonds. The van der Waals surface area contributed by atoms with Crippen molar-refractivity contribution >= 4 is 7.12 Å². The molecule has 0 bridgehead atoms. The van der Waals surface area contributed by atoms with Crippen molar-refractivity contribution in [2.24, 2.45) is 0 Å². The second kappa shape index (κ2) is 4.26. The zero-order valence-electron chi connectivity index (χ0n) is 6.94. The van der Waals surface area contributed by atoms with E-state index in [2.05, 4.69) is 5.32 Å². The predicted octanol–water partition coefficient (Wildman–Crippen LogP) is -0.0409. The van der Waals surface area contributed by atoms with Gasteiger partial charge in [0.25, 0.3) is 0 Å². The van der Waals surface area contributed by atoms with Gasteiger partial charge in [-0.2, -0.15) is 0 Å². The summed E-state index contributed by atoms with van der Waals surface area (Å²) in [5, 5.41) is 20.7. The molecule has 1 unspecified atom stereocenters. The molecule has 1 aromatic rings. The van der Waals surface area contributed by atoms with Crippen molar-refractivity contribution in [2.45, 2.75) is 5.94 Å². The molecule has 1 atom stereocenters. The van der Waals surface area contributed by atoms with Crippen LogP contribution in [0.25, 0.3) is 0 Å². The SMILES string of the molecule is CNC(B(O)O)c1ccccc1. The van der Waals surface area contributed by atoms with E-state index in [0.29, 0.717) is 0 Å². The normalized spacial score (nSPS) is 12.6. The Morgan fingerprint density at radius 3 is 2.25 bits per heavy atom. The maximum absolute atomic E-state index is 8.96. The van der Waals surface area contributed by atoms with Gasteiger partial charge in [0.2, 0.25) is 0 Å². The molecule has 0 aromatic heterocycles. The molecule has 1 aromatic carbocycles. The first kappa shape index (κ1) is 9.25. The van der Waals surface area contributed by atoms with Crippen LogP contribution < -0.4 is 5.32 Å². The minimum absolute atomic E-state index is 0.411. The molecule has 0 heterocycles. The number of rotatable bonds is 3. The smallest absolute Gasteiger partial charge is 0.426 e. The topological polar surface area (TPSA) is 52.5 Å². The van der Waals surface area contributed by atoms with E-state index in [1.807, 2.05) is 30.3 Å². The van der Waals surface area contributed by atoms with E-state index in [1.54, 1.807) is 7.05 Å². The van der Waals surface area contributed by atoms with Crippen LogP contribution in [0.1, 0.15) is 11.5 Å². The first-order valence-electron chi connectivity index (χ1n) is 3.84. The predicted molar refractivity (Wildman–Crippen MR) is 48.4 cm³/mol. The highest BCUT2D eigenvalue weighted by Crippen LogP contribution is 2.11. The van der Waals surface area contributed by atoms with E-state index in [0.717, 1.165) is 5.56 Å². The second-order valence-electron chi connectivity index (χ2n) is 2.59. The Balaban J connectivity index is 2.80. The van der Waals surface area contributed by atoms with Crippen LogP contribution in [0.2, 0.25) is 0 Å². The van der Waals surface area contributed by atoms with Gasteiger partial charge in [-0.1, -0.05) is 30.3 Å². The standard InChI is InChI=1S/C8H12BNO2/c1-10-8(9(11)12)7-5-3-2-4-6-7/h2-6,8,10-12H,1H3. The summed E-state index contributed by atoms with van der Waals surface area (Å²) in [6.07, 6.45) is 0. The summed E-state index contributed by atoms with van der Waals surface area (Å²) in [6, 6.07) is 9.31. The van der Waals surface area contributed by atoms with Crippen LogP contribution in [0.15, 0.2) is 30.3 Å². The summed E-state index contributed by atoms with van der Waals surface area (Å²) >= 11 is 0. The molecule has 4 heteroatoms. The van der Waals surface area contributed by atoms with Crippen molar-refractivity contribution in [3.63, 3.8) is 0 Å². The van der Waals surface area contributed by atoms with Crippen molar-refractivity contribution in [3.05, 3.63) is 35.9 Å². The largest absolute Gasteiger partial charge is 0.474 e. The fourth-order valence-electron chi connectivity index (χ4n) is 1.15. The van der Waals surface area contributed by atoms with Gasteiger partial charge < -0.3 is 15.4 Å². The minimum atomic E-state index is -1.36. The average Bonchev–Trinajstić information content (AvgIpc) is 2.07.